The minimum Gasteiger partial charge on any atom is -0.324 e. The molecule has 0 saturated carbocycles. The van der Waals surface area contributed by atoms with Crippen molar-refractivity contribution in [1.29, 1.82) is 10.5 Å². The van der Waals surface area contributed by atoms with Crippen LogP contribution in [0.15, 0.2) is 35.4 Å². The van der Waals surface area contributed by atoms with Crippen molar-refractivity contribution in [2.75, 3.05) is 5.32 Å². The van der Waals surface area contributed by atoms with Crippen molar-refractivity contribution in [3.8, 4) is 12.1 Å². The number of rotatable bonds is 5. The molecule has 0 aliphatic rings. The van der Waals surface area contributed by atoms with Crippen LogP contribution in [0.25, 0.3) is 0 Å². The summed E-state index contributed by atoms with van der Waals surface area (Å²) in [4.78, 5) is 16.6. The molecule has 1 aromatic heterocycles. The summed E-state index contributed by atoms with van der Waals surface area (Å²) >= 11 is 0.797. The predicted octanol–water partition coefficient (Wildman–Crippen LogP) is 4.66. The number of hydrogen-bond acceptors (Lipinski definition) is 5. The Kier molecular flexibility index (Phi) is 6.66. The Morgan fingerprint density at radius 2 is 1.96 bits per heavy atom. The molecule has 5 nitrogen and oxygen atoms in total. The lowest BCUT2D eigenvalue weighted by Gasteiger charge is -2.17. The lowest BCUT2D eigenvalue weighted by molar-refractivity contribution is -0.138. The summed E-state index contributed by atoms with van der Waals surface area (Å²) in [5.74, 6) is -0.490. The SMILES string of the molecule is CC[C@H](Sc1nc(C)cc(C(F)(F)F)c1C#N)C(=O)Nc1ccccc1C#N. The Balaban J connectivity index is 2.35. The lowest BCUT2D eigenvalue weighted by atomic mass is 10.1. The van der Waals surface area contributed by atoms with Gasteiger partial charge in [-0.25, -0.2) is 4.98 Å². The number of halogens is 3. The van der Waals surface area contributed by atoms with E-state index in [1.54, 1.807) is 31.2 Å². The summed E-state index contributed by atoms with van der Waals surface area (Å²) in [6.45, 7) is 3.09. The fourth-order valence-corrected chi connectivity index (χ4v) is 3.49. The van der Waals surface area contributed by atoms with E-state index in [4.69, 9.17) is 5.26 Å². The fraction of sp³-hybridized carbons (Fsp3) is 0.263. The van der Waals surface area contributed by atoms with Crippen molar-refractivity contribution in [3.63, 3.8) is 0 Å². The van der Waals surface area contributed by atoms with Crippen molar-refractivity contribution in [2.45, 2.75) is 36.7 Å². The minimum absolute atomic E-state index is 0.0962. The molecule has 1 N–H and O–H groups in total. The highest BCUT2D eigenvalue weighted by atomic mass is 32.2. The van der Waals surface area contributed by atoms with Crippen LogP contribution in [0.2, 0.25) is 0 Å². The monoisotopic (exact) mass is 404 g/mol. The standard InChI is InChI=1S/C19H15F3N4OS/c1-3-16(17(27)26-15-7-5-4-6-12(15)9-23)28-18-13(10-24)14(19(20,21)22)8-11(2)25-18/h4-8,16H,3H2,1-2H3,(H,26,27)/t16-/m0/s1. The topological polar surface area (TPSA) is 89.6 Å². The zero-order chi connectivity index (χ0) is 20.9. The number of thioether (sulfide) groups is 1. The van der Waals surface area contributed by atoms with E-state index in [1.807, 2.05) is 6.07 Å². The van der Waals surface area contributed by atoms with Gasteiger partial charge in [0.15, 0.2) is 0 Å². The smallest absolute Gasteiger partial charge is 0.324 e. The van der Waals surface area contributed by atoms with Crippen molar-refractivity contribution >= 4 is 23.4 Å². The first-order valence-electron chi connectivity index (χ1n) is 8.16. The van der Waals surface area contributed by atoms with Gasteiger partial charge in [0.25, 0.3) is 0 Å². The third-order valence-corrected chi connectivity index (χ3v) is 5.10. The Bertz CT molecular complexity index is 977. The van der Waals surface area contributed by atoms with Gasteiger partial charge in [-0.15, -0.1) is 0 Å². The number of amides is 1. The molecule has 0 saturated heterocycles. The van der Waals surface area contributed by atoms with E-state index in [-0.39, 0.29) is 22.7 Å². The van der Waals surface area contributed by atoms with Crippen LogP contribution < -0.4 is 5.32 Å². The normalized spacial score (nSPS) is 12.0. The molecular weight excluding hydrogens is 389 g/mol. The molecule has 0 aliphatic heterocycles. The molecule has 0 fully saturated rings. The summed E-state index contributed by atoms with van der Waals surface area (Å²) in [6, 6.07) is 10.7. The van der Waals surface area contributed by atoms with E-state index in [1.165, 1.54) is 13.0 Å². The molecule has 0 bridgehead atoms. The van der Waals surface area contributed by atoms with E-state index in [0.29, 0.717) is 5.69 Å². The Morgan fingerprint density at radius 3 is 2.54 bits per heavy atom. The summed E-state index contributed by atoms with van der Waals surface area (Å²) < 4.78 is 39.7. The quantitative estimate of drug-likeness (QED) is 0.732. The van der Waals surface area contributed by atoms with Crippen LogP contribution in [0.3, 0.4) is 0 Å². The third kappa shape index (κ3) is 4.81. The summed E-state index contributed by atoms with van der Waals surface area (Å²) in [5, 5.41) is 20.0. The van der Waals surface area contributed by atoms with Crippen LogP contribution >= 0.6 is 11.8 Å². The second-order valence-electron chi connectivity index (χ2n) is 5.76. The van der Waals surface area contributed by atoms with Crippen molar-refractivity contribution in [3.05, 3.63) is 52.7 Å². The highest BCUT2D eigenvalue weighted by Crippen LogP contribution is 2.37. The maximum absolute atomic E-state index is 13.2. The number of nitrogens with zero attached hydrogens (tertiary/aromatic N) is 3. The number of aromatic nitrogens is 1. The molecule has 1 aromatic carbocycles. The largest absolute Gasteiger partial charge is 0.417 e. The average molecular weight is 404 g/mol. The Labute approximate surface area is 164 Å². The number of benzene rings is 1. The van der Waals surface area contributed by atoms with Gasteiger partial charge in [-0.2, -0.15) is 23.7 Å². The molecule has 0 aliphatic carbocycles. The van der Waals surface area contributed by atoms with Crippen LogP contribution in [0.5, 0.6) is 0 Å². The van der Waals surface area contributed by atoms with Gasteiger partial charge in [0, 0.05) is 5.69 Å². The number of carbonyl (C=O) groups is 1. The molecule has 144 valence electrons. The van der Waals surface area contributed by atoms with E-state index in [0.717, 1.165) is 17.8 Å². The van der Waals surface area contributed by atoms with Crippen LogP contribution in [0.4, 0.5) is 18.9 Å². The van der Waals surface area contributed by atoms with E-state index < -0.39 is 28.5 Å². The van der Waals surface area contributed by atoms with Gasteiger partial charge < -0.3 is 5.32 Å². The molecule has 9 heteroatoms. The number of hydrogen-bond donors (Lipinski definition) is 1. The molecule has 1 atom stereocenters. The Morgan fingerprint density at radius 1 is 1.29 bits per heavy atom. The predicted molar refractivity (Wildman–Crippen MR) is 98.4 cm³/mol. The van der Waals surface area contributed by atoms with E-state index in [9.17, 15) is 23.2 Å². The number of aryl methyl sites for hydroxylation is 1. The number of anilines is 1. The van der Waals surface area contributed by atoms with Gasteiger partial charge in [0.05, 0.1) is 27.6 Å². The first-order valence-corrected chi connectivity index (χ1v) is 9.04. The van der Waals surface area contributed by atoms with Crippen LogP contribution in [0.1, 0.15) is 35.7 Å². The lowest BCUT2D eigenvalue weighted by Crippen LogP contribution is -2.25. The summed E-state index contributed by atoms with van der Waals surface area (Å²) in [7, 11) is 0. The molecule has 0 spiro atoms. The maximum Gasteiger partial charge on any atom is 0.417 e. The van der Waals surface area contributed by atoms with Crippen LogP contribution in [-0.4, -0.2) is 16.1 Å². The first-order chi connectivity index (χ1) is 13.2. The second-order valence-corrected chi connectivity index (χ2v) is 6.95. The van der Waals surface area contributed by atoms with Crippen LogP contribution in [0, 0.1) is 29.6 Å². The molecular formula is C19H15F3N4OS. The maximum atomic E-state index is 13.2. The van der Waals surface area contributed by atoms with Gasteiger partial charge in [-0.3, -0.25) is 4.79 Å². The van der Waals surface area contributed by atoms with Crippen LogP contribution in [-0.2, 0) is 11.0 Å². The average Bonchev–Trinajstić information content (AvgIpc) is 2.65. The highest BCUT2D eigenvalue weighted by Gasteiger charge is 2.36. The second kappa shape index (κ2) is 8.77. The molecule has 28 heavy (non-hydrogen) atoms. The zero-order valence-corrected chi connectivity index (χ0v) is 15.8. The van der Waals surface area contributed by atoms with Crippen molar-refractivity contribution < 1.29 is 18.0 Å². The summed E-state index contributed by atoms with van der Waals surface area (Å²) in [6.07, 6.45) is -4.42. The molecule has 2 aromatic rings. The third-order valence-electron chi connectivity index (χ3n) is 3.75. The van der Waals surface area contributed by atoms with Gasteiger partial charge in [0.2, 0.25) is 5.91 Å². The Hall–Kier alpha value is -3.04. The fourth-order valence-electron chi connectivity index (χ4n) is 2.42. The minimum atomic E-state index is -4.70. The van der Waals surface area contributed by atoms with Gasteiger partial charge in [0.1, 0.15) is 17.2 Å². The number of alkyl halides is 3. The van der Waals surface area contributed by atoms with E-state index >= 15 is 0 Å². The van der Waals surface area contributed by atoms with Gasteiger partial charge in [-0.1, -0.05) is 30.8 Å². The molecule has 2 rings (SSSR count). The van der Waals surface area contributed by atoms with Gasteiger partial charge in [-0.05, 0) is 31.5 Å². The number of nitrogens with one attached hydrogen (secondary N) is 1. The molecule has 0 radical (unpaired) electrons. The molecule has 1 amide bonds. The van der Waals surface area contributed by atoms with Crippen molar-refractivity contribution in [2.24, 2.45) is 0 Å². The number of pyridine rings is 1. The summed E-state index contributed by atoms with van der Waals surface area (Å²) in [5.41, 5.74) is -1.01. The first kappa shape index (κ1) is 21.3. The highest BCUT2D eigenvalue weighted by molar-refractivity contribution is 8.00. The van der Waals surface area contributed by atoms with Crippen molar-refractivity contribution in [1.82, 2.24) is 4.98 Å². The number of carbonyl (C=O) groups excluding carboxylic acids is 1. The zero-order valence-electron chi connectivity index (χ0n) is 15.0. The van der Waals surface area contributed by atoms with Gasteiger partial charge >= 0.3 is 6.18 Å². The number of nitriles is 2. The molecule has 0 unspecified atom stereocenters. The number of para-hydroxylation sites is 1. The molecule has 1 heterocycles. The van der Waals surface area contributed by atoms with E-state index in [2.05, 4.69) is 10.3 Å².